The monoisotopic (exact) mass is 418 g/mol. The quantitative estimate of drug-likeness (QED) is 0.505. The lowest BCUT2D eigenvalue weighted by atomic mass is 10.1. The number of fused-ring (bicyclic) bond motifs is 1. The van der Waals surface area contributed by atoms with Crippen LogP contribution >= 0.6 is 0 Å². The van der Waals surface area contributed by atoms with Crippen molar-refractivity contribution in [2.75, 3.05) is 6.26 Å². The van der Waals surface area contributed by atoms with Crippen LogP contribution in [0, 0.1) is 0 Å². The van der Waals surface area contributed by atoms with Gasteiger partial charge >= 0.3 is 6.18 Å². The van der Waals surface area contributed by atoms with E-state index in [9.17, 15) is 21.6 Å². The van der Waals surface area contributed by atoms with Gasteiger partial charge in [-0.2, -0.15) is 18.3 Å². The van der Waals surface area contributed by atoms with Gasteiger partial charge < -0.3 is 0 Å². The Morgan fingerprint density at radius 3 is 2.14 bits per heavy atom. The van der Waals surface area contributed by atoms with Gasteiger partial charge in [-0.3, -0.25) is 4.98 Å². The second-order valence-corrected chi connectivity index (χ2v) is 8.37. The maximum atomic E-state index is 12.7. The molecule has 0 spiro atoms. The van der Waals surface area contributed by atoms with Crippen molar-refractivity contribution < 1.29 is 21.6 Å². The molecule has 0 saturated carbocycles. The molecule has 6 nitrogen and oxygen atoms in total. The van der Waals surface area contributed by atoms with Crippen molar-refractivity contribution >= 4 is 15.5 Å². The Labute approximate surface area is 163 Å². The SMILES string of the molecule is CS(=O)(=O)c1ccc(-c2cnc3ccc(-c4ccc(C(F)(F)F)nc4)nn23)cc1. The molecule has 10 heteroatoms. The smallest absolute Gasteiger partial charge is 0.251 e. The summed E-state index contributed by atoms with van der Waals surface area (Å²) in [5, 5.41) is 4.46. The molecule has 0 aliphatic heterocycles. The van der Waals surface area contributed by atoms with Gasteiger partial charge in [-0.15, -0.1) is 0 Å². The lowest BCUT2D eigenvalue weighted by molar-refractivity contribution is -0.141. The average molecular weight is 418 g/mol. The van der Waals surface area contributed by atoms with E-state index in [1.54, 1.807) is 35.0 Å². The van der Waals surface area contributed by atoms with Crippen LogP contribution < -0.4 is 0 Å². The first-order valence-electron chi connectivity index (χ1n) is 8.32. The molecule has 4 rings (SSSR count). The molecule has 0 unspecified atom stereocenters. The number of alkyl halides is 3. The van der Waals surface area contributed by atoms with Gasteiger partial charge in [0, 0.05) is 23.6 Å². The Morgan fingerprint density at radius 2 is 1.55 bits per heavy atom. The Bertz CT molecular complexity index is 1300. The fraction of sp³-hybridized carbons (Fsp3) is 0.105. The number of sulfone groups is 1. The van der Waals surface area contributed by atoms with E-state index in [0.29, 0.717) is 28.2 Å². The lowest BCUT2D eigenvalue weighted by Crippen LogP contribution is -2.07. The molecule has 3 aromatic heterocycles. The molecular weight excluding hydrogens is 405 g/mol. The topological polar surface area (TPSA) is 77.2 Å². The number of hydrogen-bond donors (Lipinski definition) is 0. The molecule has 29 heavy (non-hydrogen) atoms. The fourth-order valence-corrected chi connectivity index (χ4v) is 3.44. The van der Waals surface area contributed by atoms with Gasteiger partial charge in [0.05, 0.1) is 22.5 Å². The second kappa shape index (κ2) is 6.66. The molecular formula is C19H13F3N4O2S. The first kappa shape index (κ1) is 19.1. The van der Waals surface area contributed by atoms with Gasteiger partial charge in [0.2, 0.25) is 0 Å². The van der Waals surface area contributed by atoms with Gasteiger partial charge in [0.15, 0.2) is 15.5 Å². The van der Waals surface area contributed by atoms with E-state index in [1.807, 2.05) is 0 Å². The number of pyridine rings is 1. The number of aromatic nitrogens is 4. The zero-order valence-electron chi connectivity index (χ0n) is 14.9. The second-order valence-electron chi connectivity index (χ2n) is 6.36. The minimum Gasteiger partial charge on any atom is -0.251 e. The summed E-state index contributed by atoms with van der Waals surface area (Å²) < 4.78 is 62.9. The highest BCUT2D eigenvalue weighted by molar-refractivity contribution is 7.90. The molecule has 0 atom stereocenters. The standard InChI is InChI=1S/C19H13F3N4O2S/c1-29(27,28)14-5-2-12(3-6-14)16-11-24-18-9-7-15(25-26(16)18)13-4-8-17(23-10-13)19(20,21)22/h2-11H,1H3. The summed E-state index contributed by atoms with van der Waals surface area (Å²) >= 11 is 0. The molecule has 0 amide bonds. The van der Waals surface area contributed by atoms with Crippen LogP contribution in [-0.4, -0.2) is 34.3 Å². The summed E-state index contributed by atoms with van der Waals surface area (Å²) in [6, 6.07) is 11.8. The van der Waals surface area contributed by atoms with Gasteiger partial charge in [0.1, 0.15) is 5.69 Å². The molecule has 3 heterocycles. The number of imidazole rings is 1. The summed E-state index contributed by atoms with van der Waals surface area (Å²) in [5.41, 5.74) is 1.71. The van der Waals surface area contributed by atoms with Crippen molar-refractivity contribution in [3.63, 3.8) is 0 Å². The first-order valence-corrected chi connectivity index (χ1v) is 10.2. The van der Waals surface area contributed by atoms with Gasteiger partial charge in [0.25, 0.3) is 0 Å². The van der Waals surface area contributed by atoms with E-state index in [1.165, 1.54) is 18.2 Å². The third kappa shape index (κ3) is 3.70. The fourth-order valence-electron chi connectivity index (χ4n) is 2.81. The summed E-state index contributed by atoms with van der Waals surface area (Å²) in [6.45, 7) is 0. The number of hydrogen-bond acceptors (Lipinski definition) is 5. The third-order valence-electron chi connectivity index (χ3n) is 4.29. The maximum Gasteiger partial charge on any atom is 0.433 e. The van der Waals surface area contributed by atoms with E-state index in [0.717, 1.165) is 18.5 Å². The highest BCUT2D eigenvalue weighted by Crippen LogP contribution is 2.29. The molecule has 148 valence electrons. The van der Waals surface area contributed by atoms with Gasteiger partial charge in [-0.25, -0.2) is 17.9 Å². The zero-order chi connectivity index (χ0) is 20.8. The van der Waals surface area contributed by atoms with Gasteiger partial charge in [-0.05, 0) is 36.4 Å². The number of benzene rings is 1. The van der Waals surface area contributed by atoms with E-state index in [-0.39, 0.29) is 4.90 Å². The minimum atomic E-state index is -4.51. The molecule has 0 radical (unpaired) electrons. The van der Waals surface area contributed by atoms with Crippen LogP contribution in [0.25, 0.3) is 28.2 Å². The molecule has 0 fully saturated rings. The third-order valence-corrected chi connectivity index (χ3v) is 5.42. The Morgan fingerprint density at radius 1 is 0.862 bits per heavy atom. The molecule has 1 aromatic carbocycles. The van der Waals surface area contributed by atoms with Crippen LogP contribution in [0.3, 0.4) is 0 Å². The highest BCUT2D eigenvalue weighted by Gasteiger charge is 2.32. The number of halogens is 3. The van der Waals surface area contributed by atoms with Crippen LogP contribution in [-0.2, 0) is 16.0 Å². The van der Waals surface area contributed by atoms with Crippen LogP contribution in [0.1, 0.15) is 5.69 Å². The first-order chi connectivity index (χ1) is 13.6. The summed E-state index contributed by atoms with van der Waals surface area (Å²) in [6.07, 6.45) is -0.672. The van der Waals surface area contributed by atoms with Crippen molar-refractivity contribution in [1.29, 1.82) is 0 Å². The molecule has 0 bridgehead atoms. The van der Waals surface area contributed by atoms with Crippen LogP contribution in [0.2, 0.25) is 0 Å². The number of nitrogens with zero attached hydrogens (tertiary/aromatic N) is 4. The van der Waals surface area contributed by atoms with Crippen LogP contribution in [0.4, 0.5) is 13.2 Å². The van der Waals surface area contributed by atoms with E-state index >= 15 is 0 Å². The predicted octanol–water partition coefficient (Wildman–Crippen LogP) is 3.88. The molecule has 4 aromatic rings. The predicted molar refractivity (Wildman–Crippen MR) is 99.8 cm³/mol. The Hall–Kier alpha value is -3.27. The van der Waals surface area contributed by atoms with E-state index in [2.05, 4.69) is 15.1 Å². The van der Waals surface area contributed by atoms with Crippen molar-refractivity contribution in [3.05, 3.63) is 66.6 Å². The lowest BCUT2D eigenvalue weighted by Gasteiger charge is -2.07. The van der Waals surface area contributed by atoms with Crippen LogP contribution in [0.15, 0.2) is 65.8 Å². The van der Waals surface area contributed by atoms with Crippen molar-refractivity contribution in [1.82, 2.24) is 19.6 Å². The highest BCUT2D eigenvalue weighted by atomic mass is 32.2. The molecule has 0 aliphatic rings. The Kier molecular flexibility index (Phi) is 4.38. The average Bonchev–Trinajstić information content (AvgIpc) is 3.10. The minimum absolute atomic E-state index is 0.194. The van der Waals surface area contributed by atoms with E-state index in [4.69, 9.17) is 0 Å². The number of rotatable bonds is 3. The van der Waals surface area contributed by atoms with E-state index < -0.39 is 21.7 Å². The van der Waals surface area contributed by atoms with Crippen molar-refractivity contribution in [2.45, 2.75) is 11.1 Å². The summed E-state index contributed by atoms with van der Waals surface area (Å²) in [7, 11) is -3.31. The largest absolute Gasteiger partial charge is 0.433 e. The van der Waals surface area contributed by atoms with Crippen LogP contribution in [0.5, 0.6) is 0 Å². The Balaban J connectivity index is 1.75. The van der Waals surface area contributed by atoms with Gasteiger partial charge in [-0.1, -0.05) is 12.1 Å². The van der Waals surface area contributed by atoms with Crippen molar-refractivity contribution in [2.24, 2.45) is 0 Å². The molecule has 0 saturated heterocycles. The van der Waals surface area contributed by atoms with Crippen molar-refractivity contribution in [3.8, 4) is 22.5 Å². The molecule has 0 N–H and O–H groups in total. The normalized spacial score (nSPS) is 12.4. The summed E-state index contributed by atoms with van der Waals surface area (Å²) in [5.74, 6) is 0. The summed E-state index contributed by atoms with van der Waals surface area (Å²) in [4.78, 5) is 7.92. The zero-order valence-corrected chi connectivity index (χ0v) is 15.7. The maximum absolute atomic E-state index is 12.7. The molecule has 0 aliphatic carbocycles.